The lowest BCUT2D eigenvalue weighted by molar-refractivity contribution is 0.415. The Morgan fingerprint density at radius 3 is 2.41 bits per heavy atom. The zero-order valence-corrected chi connectivity index (χ0v) is 9.65. The van der Waals surface area contributed by atoms with Crippen molar-refractivity contribution in [3.05, 3.63) is 35.4 Å². The molecule has 0 amide bonds. The minimum atomic E-state index is 0.163. The first kappa shape index (κ1) is 11.1. The Balaban J connectivity index is 2.50. The number of hydrogen-bond donors (Lipinski definition) is 1. The van der Waals surface area contributed by atoms with E-state index in [2.05, 4.69) is 0 Å². The fourth-order valence-corrected chi connectivity index (χ4v) is 1.69. The normalized spacial score (nSPS) is 9.94. The summed E-state index contributed by atoms with van der Waals surface area (Å²) >= 11 is 0. The van der Waals surface area contributed by atoms with Crippen LogP contribution in [0.2, 0.25) is 0 Å². The maximum atomic E-state index is 8.93. The molecule has 0 aliphatic rings. The van der Waals surface area contributed by atoms with Gasteiger partial charge in [0.15, 0.2) is 0 Å². The highest BCUT2D eigenvalue weighted by Crippen LogP contribution is 2.32. The molecule has 0 bridgehead atoms. The first-order chi connectivity index (χ1) is 8.17. The van der Waals surface area contributed by atoms with E-state index in [4.69, 9.17) is 20.1 Å². The molecule has 1 heterocycles. The Morgan fingerprint density at radius 1 is 1.29 bits per heavy atom. The molecule has 0 fully saturated rings. The van der Waals surface area contributed by atoms with E-state index in [-0.39, 0.29) is 5.88 Å². The van der Waals surface area contributed by atoms with Crippen LogP contribution in [0, 0.1) is 18.3 Å². The SMILES string of the molecule is COc1ccc(-c2oc(N)c(C#N)c2C)cc1. The molecule has 0 unspecified atom stereocenters. The van der Waals surface area contributed by atoms with Crippen LogP contribution < -0.4 is 10.5 Å². The van der Waals surface area contributed by atoms with E-state index in [1.165, 1.54) is 0 Å². The van der Waals surface area contributed by atoms with Crippen LogP contribution in [0.3, 0.4) is 0 Å². The van der Waals surface area contributed by atoms with Crippen molar-refractivity contribution in [2.75, 3.05) is 12.8 Å². The number of rotatable bonds is 2. The summed E-state index contributed by atoms with van der Waals surface area (Å²) in [5.41, 5.74) is 7.66. The molecule has 17 heavy (non-hydrogen) atoms. The van der Waals surface area contributed by atoms with Crippen LogP contribution in [-0.4, -0.2) is 7.11 Å². The van der Waals surface area contributed by atoms with E-state index in [0.717, 1.165) is 16.9 Å². The number of nitrogens with two attached hydrogens (primary N) is 1. The molecule has 0 atom stereocenters. The van der Waals surface area contributed by atoms with Gasteiger partial charge < -0.3 is 14.9 Å². The van der Waals surface area contributed by atoms with Crippen LogP contribution in [0.5, 0.6) is 5.75 Å². The average molecular weight is 228 g/mol. The topological polar surface area (TPSA) is 72.2 Å². The largest absolute Gasteiger partial charge is 0.497 e. The number of ether oxygens (including phenoxy) is 1. The van der Waals surface area contributed by atoms with Crippen molar-refractivity contribution in [3.8, 4) is 23.1 Å². The number of nitrogens with zero attached hydrogens (tertiary/aromatic N) is 1. The molecule has 0 saturated carbocycles. The fraction of sp³-hybridized carbons (Fsp3) is 0.154. The number of nitriles is 1. The quantitative estimate of drug-likeness (QED) is 0.857. The Labute approximate surface area is 99.2 Å². The molecule has 4 nitrogen and oxygen atoms in total. The molecule has 0 aliphatic carbocycles. The number of furan rings is 1. The molecule has 2 N–H and O–H groups in total. The molecular formula is C13H12N2O2. The predicted molar refractivity (Wildman–Crippen MR) is 64.6 cm³/mol. The molecule has 0 saturated heterocycles. The molecular weight excluding hydrogens is 216 g/mol. The number of benzene rings is 1. The summed E-state index contributed by atoms with van der Waals surface area (Å²) in [6.07, 6.45) is 0. The summed E-state index contributed by atoms with van der Waals surface area (Å²) in [6.45, 7) is 1.82. The highest BCUT2D eigenvalue weighted by Gasteiger charge is 2.15. The van der Waals surface area contributed by atoms with Gasteiger partial charge in [-0.2, -0.15) is 5.26 Å². The van der Waals surface area contributed by atoms with Gasteiger partial charge in [0.25, 0.3) is 0 Å². The van der Waals surface area contributed by atoms with Crippen LogP contribution in [0.1, 0.15) is 11.1 Å². The summed E-state index contributed by atoms with van der Waals surface area (Å²) < 4.78 is 10.5. The van der Waals surface area contributed by atoms with Gasteiger partial charge in [0.1, 0.15) is 23.1 Å². The smallest absolute Gasteiger partial charge is 0.209 e. The van der Waals surface area contributed by atoms with Crippen molar-refractivity contribution < 1.29 is 9.15 Å². The summed E-state index contributed by atoms with van der Waals surface area (Å²) in [5, 5.41) is 8.93. The van der Waals surface area contributed by atoms with Crippen molar-refractivity contribution in [3.63, 3.8) is 0 Å². The number of methoxy groups -OCH3 is 1. The van der Waals surface area contributed by atoms with E-state index >= 15 is 0 Å². The molecule has 2 aromatic rings. The van der Waals surface area contributed by atoms with Crippen molar-refractivity contribution in [1.29, 1.82) is 5.26 Å². The van der Waals surface area contributed by atoms with E-state index in [0.29, 0.717) is 11.3 Å². The Hall–Kier alpha value is -2.41. The third-order valence-corrected chi connectivity index (χ3v) is 2.64. The van der Waals surface area contributed by atoms with Crippen LogP contribution in [0.4, 0.5) is 5.88 Å². The van der Waals surface area contributed by atoms with Crippen LogP contribution in [0.25, 0.3) is 11.3 Å². The van der Waals surface area contributed by atoms with Crippen molar-refractivity contribution in [2.45, 2.75) is 6.92 Å². The van der Waals surface area contributed by atoms with Gasteiger partial charge in [-0.25, -0.2) is 0 Å². The van der Waals surface area contributed by atoms with Gasteiger partial charge in [-0.1, -0.05) is 0 Å². The Kier molecular flexibility index (Phi) is 2.75. The van der Waals surface area contributed by atoms with Gasteiger partial charge in [-0.15, -0.1) is 0 Å². The fourth-order valence-electron chi connectivity index (χ4n) is 1.69. The molecule has 1 aromatic heterocycles. The minimum absolute atomic E-state index is 0.163. The lowest BCUT2D eigenvalue weighted by atomic mass is 10.1. The lowest BCUT2D eigenvalue weighted by Gasteiger charge is -2.01. The molecule has 0 aliphatic heterocycles. The molecule has 0 spiro atoms. The summed E-state index contributed by atoms with van der Waals surface area (Å²) in [7, 11) is 1.61. The number of hydrogen-bond acceptors (Lipinski definition) is 4. The van der Waals surface area contributed by atoms with Gasteiger partial charge in [0, 0.05) is 11.1 Å². The zero-order valence-electron chi connectivity index (χ0n) is 9.65. The Morgan fingerprint density at radius 2 is 1.94 bits per heavy atom. The van der Waals surface area contributed by atoms with Crippen LogP contribution in [-0.2, 0) is 0 Å². The maximum Gasteiger partial charge on any atom is 0.209 e. The van der Waals surface area contributed by atoms with Crippen molar-refractivity contribution in [1.82, 2.24) is 0 Å². The average Bonchev–Trinajstić information content (AvgIpc) is 2.64. The van der Waals surface area contributed by atoms with E-state index < -0.39 is 0 Å². The summed E-state index contributed by atoms with van der Waals surface area (Å²) in [6, 6.07) is 9.43. The van der Waals surface area contributed by atoms with Gasteiger partial charge >= 0.3 is 0 Å². The number of anilines is 1. The van der Waals surface area contributed by atoms with Crippen LogP contribution >= 0.6 is 0 Å². The second-order valence-corrected chi connectivity index (χ2v) is 3.64. The third kappa shape index (κ3) is 1.83. The summed E-state index contributed by atoms with van der Waals surface area (Å²) in [5.74, 6) is 1.56. The van der Waals surface area contributed by atoms with Crippen molar-refractivity contribution >= 4 is 5.88 Å². The lowest BCUT2D eigenvalue weighted by Crippen LogP contribution is -1.84. The summed E-state index contributed by atoms with van der Waals surface area (Å²) in [4.78, 5) is 0. The van der Waals surface area contributed by atoms with E-state index in [1.807, 2.05) is 37.3 Å². The minimum Gasteiger partial charge on any atom is -0.497 e. The van der Waals surface area contributed by atoms with Gasteiger partial charge in [0.2, 0.25) is 5.88 Å². The van der Waals surface area contributed by atoms with E-state index in [1.54, 1.807) is 7.11 Å². The highest BCUT2D eigenvalue weighted by atomic mass is 16.5. The monoisotopic (exact) mass is 228 g/mol. The predicted octanol–water partition coefficient (Wildman–Crippen LogP) is 2.72. The number of nitrogen functional groups attached to an aromatic ring is 1. The second-order valence-electron chi connectivity index (χ2n) is 3.64. The molecule has 86 valence electrons. The highest BCUT2D eigenvalue weighted by molar-refractivity contribution is 5.69. The van der Waals surface area contributed by atoms with E-state index in [9.17, 15) is 0 Å². The van der Waals surface area contributed by atoms with Gasteiger partial charge in [-0.05, 0) is 31.2 Å². The van der Waals surface area contributed by atoms with Crippen LogP contribution in [0.15, 0.2) is 28.7 Å². The van der Waals surface area contributed by atoms with Gasteiger partial charge in [-0.3, -0.25) is 0 Å². The van der Waals surface area contributed by atoms with Crippen molar-refractivity contribution in [2.24, 2.45) is 0 Å². The van der Waals surface area contributed by atoms with Gasteiger partial charge in [0.05, 0.1) is 7.11 Å². The standard InChI is InChI=1S/C13H12N2O2/c1-8-11(7-14)13(15)17-12(8)9-3-5-10(16-2)6-4-9/h3-6H,15H2,1-2H3. The maximum absolute atomic E-state index is 8.93. The first-order valence-corrected chi connectivity index (χ1v) is 5.10. The third-order valence-electron chi connectivity index (χ3n) is 2.64. The molecule has 0 radical (unpaired) electrons. The molecule has 4 heteroatoms. The molecule has 2 rings (SSSR count). The first-order valence-electron chi connectivity index (χ1n) is 5.10. The second kappa shape index (κ2) is 4.22. The Bertz CT molecular complexity index is 577. The molecule has 1 aromatic carbocycles. The zero-order chi connectivity index (χ0) is 12.4.